The van der Waals surface area contributed by atoms with Crippen LogP contribution in [0.2, 0.25) is 0 Å². The lowest BCUT2D eigenvalue weighted by Gasteiger charge is -2.16. The van der Waals surface area contributed by atoms with Gasteiger partial charge in [-0.25, -0.2) is 4.79 Å². The van der Waals surface area contributed by atoms with Crippen LogP contribution in [0.1, 0.15) is 18.4 Å². The van der Waals surface area contributed by atoms with E-state index in [0.717, 1.165) is 0 Å². The highest BCUT2D eigenvalue weighted by molar-refractivity contribution is 9.10. The van der Waals surface area contributed by atoms with Crippen molar-refractivity contribution >= 4 is 27.6 Å². The van der Waals surface area contributed by atoms with E-state index >= 15 is 0 Å². The second kappa shape index (κ2) is 7.77. The van der Waals surface area contributed by atoms with Crippen molar-refractivity contribution in [2.24, 2.45) is 0 Å². The number of carboxylic acids is 1. The van der Waals surface area contributed by atoms with E-state index in [0.29, 0.717) is 35.2 Å². The van der Waals surface area contributed by atoms with Gasteiger partial charge in [0.2, 0.25) is 0 Å². The fraction of sp³-hybridized carbons (Fsp3) is 0.385. The summed E-state index contributed by atoms with van der Waals surface area (Å²) in [4.78, 5) is 11.2. The standard InChI is InChI=1S/C13H15BrN2O3/c1-19-6-2-3-12(13(17)18)16-11-5-4-9(8-15)7-10(11)14/h4-5,7,12,16H,2-3,6H2,1H3,(H,17,18). The van der Waals surface area contributed by atoms with E-state index in [4.69, 9.17) is 15.1 Å². The Hall–Kier alpha value is -1.58. The normalized spacial score (nSPS) is 11.6. The summed E-state index contributed by atoms with van der Waals surface area (Å²) >= 11 is 3.32. The number of carbonyl (C=O) groups is 1. The molecule has 0 aromatic heterocycles. The summed E-state index contributed by atoms with van der Waals surface area (Å²) in [6.07, 6.45) is 1.13. The van der Waals surface area contributed by atoms with E-state index in [2.05, 4.69) is 21.2 Å². The average Bonchev–Trinajstić information content (AvgIpc) is 2.39. The summed E-state index contributed by atoms with van der Waals surface area (Å²) in [7, 11) is 1.58. The van der Waals surface area contributed by atoms with Crippen LogP contribution in [0.3, 0.4) is 0 Å². The number of anilines is 1. The predicted molar refractivity (Wildman–Crippen MR) is 75.0 cm³/mol. The second-order valence-electron chi connectivity index (χ2n) is 3.98. The van der Waals surface area contributed by atoms with E-state index in [1.165, 1.54) is 0 Å². The van der Waals surface area contributed by atoms with Crippen LogP contribution < -0.4 is 5.32 Å². The van der Waals surface area contributed by atoms with Crippen LogP contribution in [0.4, 0.5) is 5.69 Å². The number of carboxylic acid groups (broad SMARTS) is 1. The van der Waals surface area contributed by atoms with Crippen molar-refractivity contribution in [1.29, 1.82) is 5.26 Å². The zero-order valence-corrected chi connectivity index (χ0v) is 12.1. The number of aliphatic carboxylic acids is 1. The summed E-state index contributed by atoms with van der Waals surface area (Å²) in [5, 5.41) is 20.9. The van der Waals surface area contributed by atoms with Gasteiger partial charge in [0, 0.05) is 23.9 Å². The van der Waals surface area contributed by atoms with E-state index < -0.39 is 12.0 Å². The number of nitrogens with one attached hydrogen (secondary N) is 1. The van der Waals surface area contributed by atoms with E-state index in [1.54, 1.807) is 25.3 Å². The Balaban J connectivity index is 2.74. The van der Waals surface area contributed by atoms with E-state index in [1.807, 2.05) is 6.07 Å². The first-order chi connectivity index (χ1) is 9.08. The molecule has 0 aliphatic rings. The van der Waals surface area contributed by atoms with Crippen LogP contribution >= 0.6 is 15.9 Å². The van der Waals surface area contributed by atoms with Gasteiger partial charge in [-0.3, -0.25) is 0 Å². The molecular formula is C13H15BrN2O3. The summed E-state index contributed by atoms with van der Waals surface area (Å²) in [6, 6.07) is 6.32. The molecule has 0 amide bonds. The van der Waals surface area contributed by atoms with Crippen LogP contribution in [0.5, 0.6) is 0 Å². The fourth-order valence-corrected chi connectivity index (χ4v) is 2.07. The van der Waals surface area contributed by atoms with Gasteiger partial charge < -0.3 is 15.2 Å². The maximum atomic E-state index is 11.2. The van der Waals surface area contributed by atoms with Gasteiger partial charge in [-0.1, -0.05) is 0 Å². The molecule has 1 rings (SSSR count). The third-order valence-electron chi connectivity index (χ3n) is 2.57. The van der Waals surface area contributed by atoms with Crippen LogP contribution in [-0.2, 0) is 9.53 Å². The number of hydrogen-bond donors (Lipinski definition) is 2. The molecule has 0 heterocycles. The molecule has 0 spiro atoms. The van der Waals surface area contributed by atoms with Crippen LogP contribution in [0.15, 0.2) is 22.7 Å². The molecule has 0 aliphatic carbocycles. The Labute approximate surface area is 120 Å². The third kappa shape index (κ3) is 4.89. The van der Waals surface area contributed by atoms with Crippen molar-refractivity contribution in [3.05, 3.63) is 28.2 Å². The molecule has 0 bridgehead atoms. The largest absolute Gasteiger partial charge is 0.480 e. The predicted octanol–water partition coefficient (Wildman–Crippen LogP) is 2.61. The van der Waals surface area contributed by atoms with Crippen molar-refractivity contribution in [2.45, 2.75) is 18.9 Å². The highest BCUT2D eigenvalue weighted by Crippen LogP contribution is 2.24. The number of nitrogens with zero attached hydrogens (tertiary/aromatic N) is 1. The number of benzene rings is 1. The lowest BCUT2D eigenvalue weighted by atomic mass is 10.1. The monoisotopic (exact) mass is 326 g/mol. The Morgan fingerprint density at radius 2 is 2.37 bits per heavy atom. The molecule has 1 unspecified atom stereocenters. The zero-order chi connectivity index (χ0) is 14.3. The van der Waals surface area contributed by atoms with Crippen molar-refractivity contribution in [3.8, 4) is 6.07 Å². The Morgan fingerprint density at radius 3 is 2.89 bits per heavy atom. The Bertz CT molecular complexity index is 485. The third-order valence-corrected chi connectivity index (χ3v) is 3.22. The van der Waals surface area contributed by atoms with Crippen LogP contribution in [0, 0.1) is 11.3 Å². The van der Waals surface area contributed by atoms with Gasteiger partial charge in [-0.05, 0) is 47.0 Å². The molecule has 0 saturated heterocycles. The van der Waals surface area contributed by atoms with Gasteiger partial charge in [-0.15, -0.1) is 0 Å². The summed E-state index contributed by atoms with van der Waals surface area (Å²) < 4.78 is 5.58. The summed E-state index contributed by atoms with van der Waals surface area (Å²) in [5.41, 5.74) is 1.17. The second-order valence-corrected chi connectivity index (χ2v) is 4.83. The molecule has 1 atom stereocenters. The molecule has 19 heavy (non-hydrogen) atoms. The lowest BCUT2D eigenvalue weighted by Crippen LogP contribution is -2.29. The fourth-order valence-electron chi connectivity index (χ4n) is 1.58. The van der Waals surface area contributed by atoms with Crippen molar-refractivity contribution in [2.75, 3.05) is 19.0 Å². The number of hydrogen-bond acceptors (Lipinski definition) is 4. The molecule has 0 radical (unpaired) electrons. The van der Waals surface area contributed by atoms with Gasteiger partial charge in [-0.2, -0.15) is 5.26 Å². The SMILES string of the molecule is COCCCC(Nc1ccc(C#N)cc1Br)C(=O)O. The number of rotatable bonds is 7. The van der Waals surface area contributed by atoms with E-state index in [-0.39, 0.29) is 0 Å². The van der Waals surface area contributed by atoms with Gasteiger partial charge in [0.15, 0.2) is 0 Å². The molecule has 1 aromatic carbocycles. The van der Waals surface area contributed by atoms with Gasteiger partial charge in [0.1, 0.15) is 6.04 Å². The van der Waals surface area contributed by atoms with Crippen molar-refractivity contribution < 1.29 is 14.6 Å². The first-order valence-electron chi connectivity index (χ1n) is 5.76. The van der Waals surface area contributed by atoms with Crippen LogP contribution in [-0.4, -0.2) is 30.8 Å². The van der Waals surface area contributed by atoms with Crippen LogP contribution in [0.25, 0.3) is 0 Å². The smallest absolute Gasteiger partial charge is 0.326 e. The quantitative estimate of drug-likeness (QED) is 0.752. The zero-order valence-electron chi connectivity index (χ0n) is 10.5. The molecule has 102 valence electrons. The topological polar surface area (TPSA) is 82.3 Å². The molecular weight excluding hydrogens is 312 g/mol. The highest BCUT2D eigenvalue weighted by Gasteiger charge is 2.17. The molecule has 1 aromatic rings. The number of ether oxygens (including phenoxy) is 1. The molecule has 6 heteroatoms. The van der Waals surface area contributed by atoms with E-state index in [9.17, 15) is 4.79 Å². The molecule has 5 nitrogen and oxygen atoms in total. The Kier molecular flexibility index (Phi) is 6.33. The van der Waals surface area contributed by atoms with Gasteiger partial charge in [0.05, 0.1) is 11.6 Å². The minimum atomic E-state index is -0.910. The first-order valence-corrected chi connectivity index (χ1v) is 6.55. The lowest BCUT2D eigenvalue weighted by molar-refractivity contribution is -0.138. The van der Waals surface area contributed by atoms with Gasteiger partial charge >= 0.3 is 5.97 Å². The number of methoxy groups -OCH3 is 1. The molecule has 2 N–H and O–H groups in total. The number of nitriles is 1. The highest BCUT2D eigenvalue weighted by atomic mass is 79.9. The van der Waals surface area contributed by atoms with Gasteiger partial charge in [0.25, 0.3) is 0 Å². The Morgan fingerprint density at radius 1 is 1.63 bits per heavy atom. The number of halogens is 1. The maximum Gasteiger partial charge on any atom is 0.326 e. The maximum absolute atomic E-state index is 11.2. The minimum absolute atomic E-state index is 0.468. The molecule has 0 fully saturated rings. The average molecular weight is 327 g/mol. The first kappa shape index (κ1) is 15.5. The molecule has 0 aliphatic heterocycles. The molecule has 0 saturated carbocycles. The van der Waals surface area contributed by atoms with Crippen molar-refractivity contribution in [3.63, 3.8) is 0 Å². The summed E-state index contributed by atoms with van der Waals surface area (Å²) in [5.74, 6) is -0.910. The minimum Gasteiger partial charge on any atom is -0.480 e. The summed E-state index contributed by atoms with van der Waals surface area (Å²) in [6.45, 7) is 0.528. The van der Waals surface area contributed by atoms with Crippen molar-refractivity contribution in [1.82, 2.24) is 0 Å².